The highest BCUT2D eigenvalue weighted by Crippen LogP contribution is 2.43. The number of alkyl halides is 1. The van der Waals surface area contributed by atoms with Crippen molar-refractivity contribution in [1.82, 2.24) is 20.2 Å². The summed E-state index contributed by atoms with van der Waals surface area (Å²) in [5, 5.41) is 15.4. The van der Waals surface area contributed by atoms with E-state index in [-0.39, 0.29) is 63.6 Å². The molecule has 4 aromatic rings. The van der Waals surface area contributed by atoms with Crippen molar-refractivity contribution in [2.24, 2.45) is 0 Å². The second-order valence-corrected chi connectivity index (χ2v) is 13.0. The van der Waals surface area contributed by atoms with Crippen LogP contribution in [-0.4, -0.2) is 76.6 Å². The number of aromatic hydroxyl groups is 1. The number of phenolic OH excluding ortho intramolecular Hbond substituents is 1. The predicted octanol–water partition coefficient (Wildman–Crippen LogP) is 5.29. The quantitative estimate of drug-likeness (QED) is 0.293. The SMILES string of the molecule is C#Cc1cc2c(N3C[C@H]4CC[C@@H](C3)N4)nc(OC[C@@]34CCCN3C[C@H](F)C4)nc2c(F)c1-c1cc(O)cc2ccc(F)c(C#C)c12. The predicted molar refractivity (Wildman–Crippen MR) is 171 cm³/mol. The summed E-state index contributed by atoms with van der Waals surface area (Å²) >= 11 is 0. The Morgan fingerprint density at radius 1 is 1.07 bits per heavy atom. The van der Waals surface area contributed by atoms with E-state index in [0.29, 0.717) is 42.6 Å². The third-order valence-electron chi connectivity index (χ3n) is 10.3. The molecule has 0 radical (unpaired) electrons. The molecule has 0 aliphatic carbocycles. The first-order valence-corrected chi connectivity index (χ1v) is 15.7. The van der Waals surface area contributed by atoms with Gasteiger partial charge in [0, 0.05) is 60.0 Å². The van der Waals surface area contributed by atoms with Gasteiger partial charge in [-0.2, -0.15) is 9.97 Å². The topological polar surface area (TPSA) is 73.8 Å². The van der Waals surface area contributed by atoms with Gasteiger partial charge in [0.2, 0.25) is 0 Å². The Balaban J connectivity index is 1.33. The van der Waals surface area contributed by atoms with Crippen LogP contribution in [0.1, 0.15) is 43.2 Å². The molecule has 2 N–H and O–H groups in total. The lowest BCUT2D eigenvalue weighted by atomic mass is 9.90. The molecule has 4 atom stereocenters. The van der Waals surface area contributed by atoms with Crippen LogP contribution < -0.4 is 15.0 Å². The number of anilines is 1. The molecule has 5 heterocycles. The minimum Gasteiger partial charge on any atom is -0.508 e. The Bertz CT molecular complexity index is 1990. The van der Waals surface area contributed by atoms with Gasteiger partial charge in [-0.1, -0.05) is 17.9 Å². The van der Waals surface area contributed by atoms with Gasteiger partial charge in [0.25, 0.3) is 0 Å². The third kappa shape index (κ3) is 4.54. The van der Waals surface area contributed by atoms with Crippen LogP contribution in [-0.2, 0) is 0 Å². The average Bonchev–Trinajstić information content (AvgIpc) is 3.69. The van der Waals surface area contributed by atoms with E-state index in [1.807, 2.05) is 0 Å². The number of hydrogen-bond acceptors (Lipinski definition) is 7. The molecule has 3 aromatic carbocycles. The fraction of sp³-hybridized carbons (Fsp3) is 0.389. The molecule has 234 valence electrons. The number of nitrogens with one attached hydrogen (secondary N) is 1. The summed E-state index contributed by atoms with van der Waals surface area (Å²) in [6, 6.07) is 7.67. The molecule has 4 aliphatic rings. The van der Waals surface area contributed by atoms with Crippen molar-refractivity contribution in [3.05, 3.63) is 53.1 Å². The summed E-state index contributed by atoms with van der Waals surface area (Å²) in [6.45, 7) is 2.70. The lowest BCUT2D eigenvalue weighted by molar-refractivity contribution is 0.107. The number of hydrogen-bond donors (Lipinski definition) is 2. The maximum absolute atomic E-state index is 17.1. The van der Waals surface area contributed by atoms with Crippen LogP contribution in [0.4, 0.5) is 19.0 Å². The van der Waals surface area contributed by atoms with Crippen molar-refractivity contribution in [2.75, 3.05) is 37.7 Å². The molecule has 4 saturated heterocycles. The summed E-state index contributed by atoms with van der Waals surface area (Å²) in [5.74, 6) is 3.92. The number of halogens is 3. The Morgan fingerprint density at radius 2 is 1.87 bits per heavy atom. The summed E-state index contributed by atoms with van der Waals surface area (Å²) in [4.78, 5) is 13.7. The van der Waals surface area contributed by atoms with Crippen molar-refractivity contribution >= 4 is 27.5 Å². The Kier molecular flexibility index (Phi) is 6.79. The Labute approximate surface area is 264 Å². The number of terminal acetylenes is 2. The standard InChI is InChI=1S/C36H32F3N5O2/c1-3-20-13-28-33(32(39)31(20)27-14-25(45)12-21-6-9-29(38)26(4-2)30(21)27)41-35(42-34(28)43-17-23-7-8-24(18-43)40-23)46-19-36-10-5-11-44(36)16-22(37)15-36/h1-2,6,9,12-14,22-24,40,45H,5,7-8,10-11,15-19H2/t22-,23-,24+,36+/m1/s1. The second kappa shape index (κ2) is 10.8. The molecule has 0 saturated carbocycles. The summed E-state index contributed by atoms with van der Waals surface area (Å²) < 4.78 is 52.8. The van der Waals surface area contributed by atoms with Gasteiger partial charge in [0.1, 0.15) is 35.7 Å². The second-order valence-electron chi connectivity index (χ2n) is 13.0. The molecule has 2 bridgehead atoms. The van der Waals surface area contributed by atoms with E-state index in [1.165, 1.54) is 24.3 Å². The first-order chi connectivity index (χ1) is 22.3. The number of aromatic nitrogens is 2. The number of phenols is 1. The zero-order valence-electron chi connectivity index (χ0n) is 25.1. The maximum atomic E-state index is 17.1. The number of fused-ring (bicyclic) bond motifs is 5. The molecular formula is C36H32F3N5O2. The highest BCUT2D eigenvalue weighted by atomic mass is 19.1. The van der Waals surface area contributed by atoms with Crippen LogP contribution in [0.25, 0.3) is 32.8 Å². The van der Waals surface area contributed by atoms with Gasteiger partial charge in [0.05, 0.1) is 11.1 Å². The van der Waals surface area contributed by atoms with E-state index >= 15 is 4.39 Å². The monoisotopic (exact) mass is 623 g/mol. The number of ether oxygens (including phenoxy) is 1. The van der Waals surface area contributed by atoms with Gasteiger partial charge in [-0.3, -0.25) is 4.90 Å². The zero-order valence-corrected chi connectivity index (χ0v) is 25.1. The molecule has 1 aromatic heterocycles. The number of benzene rings is 3. The number of piperazine rings is 1. The van der Waals surface area contributed by atoms with Crippen LogP contribution in [0.2, 0.25) is 0 Å². The lowest BCUT2D eigenvalue weighted by Crippen LogP contribution is -2.51. The Hall–Kier alpha value is -4.51. The van der Waals surface area contributed by atoms with Crippen LogP contribution in [0.5, 0.6) is 11.8 Å². The van der Waals surface area contributed by atoms with Crippen molar-refractivity contribution in [3.63, 3.8) is 0 Å². The third-order valence-corrected chi connectivity index (χ3v) is 10.3. The minimum atomic E-state index is -0.926. The summed E-state index contributed by atoms with van der Waals surface area (Å²) in [7, 11) is 0. The fourth-order valence-electron chi connectivity index (χ4n) is 8.25. The normalized spacial score (nSPS) is 25.6. The molecule has 0 spiro atoms. The van der Waals surface area contributed by atoms with E-state index in [0.717, 1.165) is 32.2 Å². The van der Waals surface area contributed by atoms with Crippen LogP contribution in [0.15, 0.2) is 30.3 Å². The zero-order chi connectivity index (χ0) is 31.7. The van der Waals surface area contributed by atoms with Gasteiger partial charge >= 0.3 is 6.01 Å². The summed E-state index contributed by atoms with van der Waals surface area (Å²) in [6.07, 6.45) is 15.0. The molecular weight excluding hydrogens is 591 g/mol. The van der Waals surface area contributed by atoms with Crippen molar-refractivity contribution in [3.8, 4) is 47.6 Å². The van der Waals surface area contributed by atoms with E-state index in [4.69, 9.17) is 22.6 Å². The number of rotatable bonds is 5. The van der Waals surface area contributed by atoms with E-state index < -0.39 is 23.3 Å². The van der Waals surface area contributed by atoms with Crippen molar-refractivity contribution in [2.45, 2.75) is 55.9 Å². The minimum absolute atomic E-state index is 0.00801. The molecule has 10 heteroatoms. The van der Waals surface area contributed by atoms with Crippen molar-refractivity contribution in [1.29, 1.82) is 0 Å². The molecule has 4 fully saturated rings. The van der Waals surface area contributed by atoms with Gasteiger partial charge < -0.3 is 20.1 Å². The highest BCUT2D eigenvalue weighted by molar-refractivity contribution is 6.05. The Morgan fingerprint density at radius 3 is 2.63 bits per heavy atom. The molecule has 0 amide bonds. The molecule has 0 unspecified atom stereocenters. The molecule has 4 aliphatic heterocycles. The van der Waals surface area contributed by atoms with Gasteiger partial charge in [-0.05, 0) is 67.4 Å². The van der Waals surface area contributed by atoms with Crippen LogP contribution >= 0.6 is 0 Å². The van der Waals surface area contributed by atoms with E-state index in [1.54, 1.807) is 6.07 Å². The van der Waals surface area contributed by atoms with Gasteiger partial charge in [-0.25, -0.2) is 13.2 Å². The molecule has 8 rings (SSSR count). The highest BCUT2D eigenvalue weighted by Gasteiger charge is 2.49. The molecule has 7 nitrogen and oxygen atoms in total. The average molecular weight is 624 g/mol. The lowest BCUT2D eigenvalue weighted by Gasteiger charge is -2.35. The fourth-order valence-corrected chi connectivity index (χ4v) is 8.25. The van der Waals surface area contributed by atoms with Gasteiger partial charge in [-0.15, -0.1) is 12.8 Å². The van der Waals surface area contributed by atoms with E-state index in [9.17, 15) is 13.9 Å². The first kappa shape index (κ1) is 28.9. The van der Waals surface area contributed by atoms with Crippen LogP contribution in [0, 0.1) is 36.3 Å². The summed E-state index contributed by atoms with van der Waals surface area (Å²) in [5.41, 5.74) is -0.239. The smallest absolute Gasteiger partial charge is 0.319 e. The first-order valence-electron chi connectivity index (χ1n) is 15.7. The largest absolute Gasteiger partial charge is 0.508 e. The van der Waals surface area contributed by atoms with E-state index in [2.05, 4.69) is 31.9 Å². The van der Waals surface area contributed by atoms with Crippen molar-refractivity contribution < 1.29 is 23.0 Å². The molecule has 46 heavy (non-hydrogen) atoms. The number of nitrogens with zero attached hydrogens (tertiary/aromatic N) is 4. The maximum Gasteiger partial charge on any atom is 0.319 e. The van der Waals surface area contributed by atoms with Gasteiger partial charge in [0.15, 0.2) is 5.82 Å². The van der Waals surface area contributed by atoms with Crippen LogP contribution in [0.3, 0.4) is 0 Å².